The smallest absolute Gasteiger partial charge is 0.410 e. The molecular weight excluding hydrogens is 503 g/mol. The second-order valence-electron chi connectivity index (χ2n) is 7.50. The minimum absolute atomic E-state index is 0.158. The number of aliphatic hydroxyl groups excluding tert-OH is 1. The third kappa shape index (κ3) is 11.7. The normalized spacial score (nSPS) is 17.0. The summed E-state index contributed by atoms with van der Waals surface area (Å²) >= 11 is 0. The molecule has 1 heterocycles. The fourth-order valence-electron chi connectivity index (χ4n) is 2.97. The summed E-state index contributed by atoms with van der Waals surface area (Å²) in [5.74, 6) is -6.42. The van der Waals surface area contributed by atoms with E-state index in [1.165, 1.54) is 17.4 Å². The fraction of sp³-hybridized carbons (Fsp3) is 0.611. The Morgan fingerprint density at radius 3 is 2.00 bits per heavy atom. The number of aliphatic carboxylic acids is 1. The first-order chi connectivity index (χ1) is 15.6. The molecule has 1 aromatic rings. The summed E-state index contributed by atoms with van der Waals surface area (Å²) in [7, 11) is -9.62. The van der Waals surface area contributed by atoms with E-state index in [-0.39, 0.29) is 18.8 Å². The lowest BCUT2D eigenvalue weighted by Crippen LogP contribution is -2.48. The molecule has 12 nitrogen and oxygen atoms in total. The van der Waals surface area contributed by atoms with E-state index < -0.39 is 35.5 Å². The Hall–Kier alpha value is -1.55. The zero-order valence-electron chi connectivity index (χ0n) is 18.2. The van der Waals surface area contributed by atoms with Gasteiger partial charge in [0.25, 0.3) is 10.1 Å². The number of nitrogens with zero attached hydrogens (tertiary/aromatic N) is 2. The maximum Gasteiger partial charge on any atom is 0.410 e. The van der Waals surface area contributed by atoms with Gasteiger partial charge in [-0.3, -0.25) is 23.7 Å². The average Bonchev–Trinajstić information content (AvgIpc) is 2.73. The summed E-state index contributed by atoms with van der Waals surface area (Å²) < 4.78 is 66.4. The summed E-state index contributed by atoms with van der Waals surface area (Å²) in [5, 5.41) is 18.7. The maximum absolute atomic E-state index is 13.1. The predicted molar refractivity (Wildman–Crippen MR) is 118 cm³/mol. The first kappa shape index (κ1) is 30.5. The van der Waals surface area contributed by atoms with Gasteiger partial charge in [-0.1, -0.05) is 30.3 Å². The third-order valence-corrected chi connectivity index (χ3v) is 6.40. The van der Waals surface area contributed by atoms with Gasteiger partial charge < -0.3 is 20.0 Å². The molecule has 196 valence electrons. The van der Waals surface area contributed by atoms with Crippen LogP contribution < -0.4 is 5.32 Å². The van der Waals surface area contributed by atoms with Crippen LogP contribution in [0.3, 0.4) is 0 Å². The lowest BCUT2D eigenvalue weighted by Gasteiger charge is -2.33. The van der Waals surface area contributed by atoms with Gasteiger partial charge in [0.05, 0.1) is 12.4 Å². The van der Waals surface area contributed by atoms with Crippen LogP contribution in [0.15, 0.2) is 30.3 Å². The Morgan fingerprint density at radius 1 is 1.09 bits per heavy atom. The predicted octanol–water partition coefficient (Wildman–Crippen LogP) is -0.516. The molecule has 1 aromatic carbocycles. The topological polar surface area (TPSA) is 188 Å². The van der Waals surface area contributed by atoms with Crippen LogP contribution in [-0.4, -0.2) is 112 Å². The van der Waals surface area contributed by atoms with Gasteiger partial charge in [0.1, 0.15) is 6.04 Å². The number of carbonyl (C=O) groups is 1. The van der Waals surface area contributed by atoms with Crippen LogP contribution in [0.25, 0.3) is 0 Å². The van der Waals surface area contributed by atoms with Crippen LogP contribution in [0.5, 0.6) is 0 Å². The van der Waals surface area contributed by atoms with Crippen LogP contribution in [0, 0.1) is 0 Å². The first-order valence-electron chi connectivity index (χ1n) is 10.1. The number of rotatable bonds is 11. The molecule has 0 radical (unpaired) electrons. The van der Waals surface area contributed by atoms with Crippen molar-refractivity contribution in [2.45, 2.75) is 18.3 Å². The van der Waals surface area contributed by atoms with Crippen molar-refractivity contribution < 1.29 is 51.1 Å². The van der Waals surface area contributed by atoms with Gasteiger partial charge in [-0.05, 0) is 12.0 Å². The molecule has 16 heteroatoms. The van der Waals surface area contributed by atoms with Gasteiger partial charge in [-0.2, -0.15) is 17.2 Å². The number of carboxylic acids is 1. The quantitative estimate of drug-likeness (QED) is 0.122. The number of aliphatic hydroxyl groups is 1. The van der Waals surface area contributed by atoms with Crippen LogP contribution in [0.1, 0.15) is 5.56 Å². The van der Waals surface area contributed by atoms with E-state index in [4.69, 9.17) is 24.6 Å². The number of β-amino-alcohol motifs (C(OH)–C–C–N with tert-alkyl or cyclic N) is 1. The van der Waals surface area contributed by atoms with Crippen LogP contribution in [0.4, 0.5) is 8.78 Å². The summed E-state index contributed by atoms with van der Waals surface area (Å²) in [5.41, 5.74) is 0.448. The summed E-state index contributed by atoms with van der Waals surface area (Å²) in [6.45, 7) is 4.46. The van der Waals surface area contributed by atoms with E-state index in [2.05, 4.69) is 4.90 Å². The molecule has 34 heavy (non-hydrogen) atoms. The van der Waals surface area contributed by atoms with E-state index >= 15 is 0 Å². The van der Waals surface area contributed by atoms with Gasteiger partial charge in [0.2, 0.25) is 0 Å². The number of halogens is 2. The zero-order chi connectivity index (χ0) is 26.0. The fourth-order valence-corrected chi connectivity index (χ4v) is 3.78. The Labute approximate surface area is 196 Å². The van der Waals surface area contributed by atoms with Crippen molar-refractivity contribution in [3.05, 3.63) is 35.9 Å². The van der Waals surface area contributed by atoms with Gasteiger partial charge in [-0.25, -0.2) is 5.32 Å². The Bertz CT molecular complexity index is 911. The Kier molecular flexibility index (Phi) is 12.1. The van der Waals surface area contributed by atoms with Crippen molar-refractivity contribution in [2.24, 2.45) is 0 Å². The molecule has 0 saturated carbocycles. The van der Waals surface area contributed by atoms with Gasteiger partial charge >= 0.3 is 19.4 Å². The molecule has 0 bridgehead atoms. The number of hydrogen-bond donors (Lipinski definition) is 6. The van der Waals surface area contributed by atoms with E-state index in [0.29, 0.717) is 18.7 Å². The highest BCUT2D eigenvalue weighted by molar-refractivity contribution is 7.85. The molecule has 0 spiro atoms. The number of piperazine rings is 1. The summed E-state index contributed by atoms with van der Waals surface area (Å²) in [6.07, 6.45) is -0.328. The van der Waals surface area contributed by atoms with Crippen molar-refractivity contribution in [1.82, 2.24) is 15.1 Å². The number of hydrogen-bond acceptors (Lipinski definition) is 8. The number of alkyl halides is 2. The number of carboxylic acid groups (broad SMARTS) is 1. The SMILES string of the molecule is O=C(O)C(Cc1ccccc1)NC(F)(F)P(=O)(O)O.O=S(=O)(O)CCN1CCN(CCO)CC1. The van der Waals surface area contributed by atoms with Crippen LogP contribution in [0.2, 0.25) is 0 Å². The second kappa shape index (κ2) is 13.5. The second-order valence-corrected chi connectivity index (χ2v) is 10.7. The highest BCUT2D eigenvalue weighted by Gasteiger charge is 2.51. The maximum atomic E-state index is 13.1. The van der Waals surface area contributed by atoms with Crippen molar-refractivity contribution in [2.75, 3.05) is 51.6 Å². The Balaban J connectivity index is 0.000000350. The molecule has 1 saturated heterocycles. The molecule has 1 fully saturated rings. The lowest BCUT2D eigenvalue weighted by atomic mass is 10.1. The molecule has 2 rings (SSSR count). The minimum atomic E-state index is -5.77. The summed E-state index contributed by atoms with van der Waals surface area (Å²) in [4.78, 5) is 31.9. The minimum Gasteiger partial charge on any atom is -0.480 e. The van der Waals surface area contributed by atoms with E-state index in [9.17, 15) is 26.6 Å². The van der Waals surface area contributed by atoms with Crippen LogP contribution in [-0.2, 0) is 25.9 Å². The number of benzene rings is 1. The molecule has 6 N–H and O–H groups in total. The molecule has 0 aromatic heterocycles. The van der Waals surface area contributed by atoms with Gasteiger partial charge in [0.15, 0.2) is 0 Å². The zero-order valence-corrected chi connectivity index (χ0v) is 19.9. The average molecular weight is 533 g/mol. The third-order valence-electron chi connectivity index (χ3n) is 4.84. The van der Waals surface area contributed by atoms with Crippen molar-refractivity contribution >= 4 is 23.7 Å². The van der Waals surface area contributed by atoms with E-state index in [1.807, 2.05) is 4.90 Å². The Morgan fingerprint density at radius 2 is 1.59 bits per heavy atom. The van der Waals surface area contributed by atoms with Crippen molar-refractivity contribution in [1.29, 1.82) is 0 Å². The standard InChI is InChI=1S/C10H12F2NO5P.C8H18N2O4S/c11-10(12,19(16,17)18)13-8(9(14)15)6-7-4-2-1-3-5-7;11-7-5-9-1-3-10(4-2-9)6-8-15(12,13)14/h1-5,8,13H,6H2,(H,14,15)(H2,16,17,18);11H,1-8H2,(H,12,13,14). The highest BCUT2D eigenvalue weighted by atomic mass is 32.2. The van der Waals surface area contributed by atoms with Crippen LogP contribution >= 0.6 is 7.60 Å². The molecular formula is C18H30F2N3O9PS. The molecule has 0 amide bonds. The lowest BCUT2D eigenvalue weighted by molar-refractivity contribution is -0.141. The largest absolute Gasteiger partial charge is 0.480 e. The van der Waals surface area contributed by atoms with Gasteiger partial charge in [-0.15, -0.1) is 0 Å². The van der Waals surface area contributed by atoms with E-state index in [0.717, 1.165) is 26.2 Å². The first-order valence-corrected chi connectivity index (χ1v) is 13.4. The molecule has 1 aliphatic heterocycles. The van der Waals surface area contributed by atoms with Crippen molar-refractivity contribution in [3.63, 3.8) is 0 Å². The monoisotopic (exact) mass is 533 g/mol. The molecule has 1 atom stereocenters. The number of nitrogens with one attached hydrogen (secondary N) is 1. The molecule has 1 unspecified atom stereocenters. The van der Waals surface area contributed by atoms with E-state index in [1.54, 1.807) is 18.2 Å². The molecule has 1 aliphatic rings. The summed E-state index contributed by atoms with van der Waals surface area (Å²) in [6, 6.07) is 6.08. The molecule has 0 aliphatic carbocycles. The van der Waals surface area contributed by atoms with Crippen molar-refractivity contribution in [3.8, 4) is 0 Å². The van der Waals surface area contributed by atoms with Gasteiger partial charge in [0, 0.05) is 39.3 Å². The highest BCUT2D eigenvalue weighted by Crippen LogP contribution is 2.51.